The second-order valence-electron chi connectivity index (χ2n) is 4.38. The highest BCUT2D eigenvalue weighted by atomic mass is 16.5. The van der Waals surface area contributed by atoms with Crippen molar-refractivity contribution in [3.8, 4) is 0 Å². The molecule has 0 radical (unpaired) electrons. The van der Waals surface area contributed by atoms with E-state index >= 15 is 0 Å². The van der Waals surface area contributed by atoms with Crippen LogP contribution < -0.4 is 10.4 Å². The van der Waals surface area contributed by atoms with Gasteiger partial charge in [0.2, 0.25) is 0 Å². The number of rotatable bonds is 1. The molecule has 0 fully saturated rings. The van der Waals surface area contributed by atoms with Gasteiger partial charge in [0, 0.05) is 25.4 Å². The summed E-state index contributed by atoms with van der Waals surface area (Å²) in [7, 11) is 1.88. The van der Waals surface area contributed by atoms with Gasteiger partial charge in [-0.2, -0.15) is 0 Å². The van der Waals surface area contributed by atoms with Crippen molar-refractivity contribution in [2.45, 2.75) is 6.42 Å². The number of pyridine rings is 1. The number of nitrogens with one attached hydrogen (secondary N) is 1. The fraction of sp³-hybridized carbons (Fsp3) is 0.417. The van der Waals surface area contributed by atoms with Crippen LogP contribution in [0.5, 0.6) is 0 Å². The fourth-order valence-corrected chi connectivity index (χ4v) is 2.57. The molecule has 90 valence electrons. The number of aromatic nitrogens is 1. The van der Waals surface area contributed by atoms with E-state index in [1.54, 1.807) is 6.20 Å². The molecule has 2 aliphatic heterocycles. The van der Waals surface area contributed by atoms with Crippen LogP contribution in [0.1, 0.15) is 12.0 Å². The summed E-state index contributed by atoms with van der Waals surface area (Å²) in [6.45, 7) is 1.85. The number of hydrogen-bond acceptors (Lipinski definition) is 5. The lowest BCUT2D eigenvalue weighted by atomic mass is 9.91. The van der Waals surface area contributed by atoms with Crippen LogP contribution in [-0.4, -0.2) is 36.7 Å². The predicted molar refractivity (Wildman–Crippen MR) is 67.1 cm³/mol. The number of fused-ring (bicyclic) bond motifs is 2. The Morgan fingerprint density at radius 1 is 1.41 bits per heavy atom. The van der Waals surface area contributed by atoms with Crippen LogP contribution in [0.3, 0.4) is 0 Å². The van der Waals surface area contributed by atoms with Gasteiger partial charge in [-0.1, -0.05) is 0 Å². The Morgan fingerprint density at radius 3 is 3.12 bits per heavy atom. The summed E-state index contributed by atoms with van der Waals surface area (Å²) >= 11 is 0. The van der Waals surface area contributed by atoms with E-state index in [4.69, 9.17) is 0 Å². The molecule has 2 aliphatic rings. The van der Waals surface area contributed by atoms with Crippen LogP contribution in [0.2, 0.25) is 0 Å². The second kappa shape index (κ2) is 4.10. The molecule has 17 heavy (non-hydrogen) atoms. The molecule has 1 aromatic rings. The number of hydroxylamine groups is 2. The fourth-order valence-electron chi connectivity index (χ4n) is 2.57. The van der Waals surface area contributed by atoms with E-state index in [9.17, 15) is 5.21 Å². The summed E-state index contributed by atoms with van der Waals surface area (Å²) in [6, 6.07) is 4.04. The van der Waals surface area contributed by atoms with Gasteiger partial charge in [-0.3, -0.25) is 5.01 Å². The molecule has 0 atom stereocenters. The lowest BCUT2D eigenvalue weighted by Gasteiger charge is -2.40. The van der Waals surface area contributed by atoms with Crippen molar-refractivity contribution in [2.24, 2.45) is 0 Å². The second-order valence-corrected chi connectivity index (χ2v) is 4.38. The zero-order chi connectivity index (χ0) is 11.8. The third-order valence-electron chi connectivity index (χ3n) is 3.39. The third-order valence-corrected chi connectivity index (χ3v) is 3.39. The lowest BCUT2D eigenvalue weighted by Crippen LogP contribution is -2.43. The zero-order valence-corrected chi connectivity index (χ0v) is 9.81. The smallest absolute Gasteiger partial charge is 0.150 e. The Bertz CT molecular complexity index is 471. The van der Waals surface area contributed by atoms with Gasteiger partial charge >= 0.3 is 0 Å². The minimum Gasteiger partial charge on any atom is -0.785 e. The number of nitrogens with zero attached hydrogens (tertiary/aromatic N) is 3. The molecule has 0 saturated heterocycles. The minimum absolute atomic E-state index is 0.516. The van der Waals surface area contributed by atoms with Crippen LogP contribution >= 0.6 is 0 Å². The Balaban J connectivity index is 2.09. The standard InChI is InChI=1S/C12H15N4O/c1-13-16-8-9-7-15(17)6-4-10(9)11-3-2-5-14-12(11)16/h2-3,5,13H,4,6-8H2,1H3/q-1. The highest BCUT2D eigenvalue weighted by Gasteiger charge is 2.26. The Hall–Kier alpha value is -1.43. The van der Waals surface area contributed by atoms with Crippen LogP contribution in [-0.2, 0) is 0 Å². The van der Waals surface area contributed by atoms with Gasteiger partial charge < -0.3 is 10.3 Å². The third kappa shape index (κ3) is 1.72. The topological polar surface area (TPSA) is 54.5 Å². The summed E-state index contributed by atoms with van der Waals surface area (Å²) in [5.74, 6) is 0.966. The highest BCUT2D eigenvalue weighted by molar-refractivity contribution is 5.81. The van der Waals surface area contributed by atoms with E-state index in [1.807, 2.05) is 18.1 Å². The maximum absolute atomic E-state index is 11.5. The van der Waals surface area contributed by atoms with Gasteiger partial charge in [0.25, 0.3) is 0 Å². The number of hydrazine groups is 1. The number of anilines is 1. The van der Waals surface area contributed by atoms with Crippen molar-refractivity contribution in [1.82, 2.24) is 15.5 Å². The molecule has 0 amide bonds. The SMILES string of the molecule is CNN1CC2=C(CCN([O-])C2)c2cccnc21. The van der Waals surface area contributed by atoms with Crippen LogP contribution in [0.15, 0.2) is 23.9 Å². The summed E-state index contributed by atoms with van der Waals surface area (Å²) < 4.78 is 0. The normalized spacial score (nSPS) is 20.2. The first-order chi connectivity index (χ1) is 8.29. The molecule has 0 spiro atoms. The monoisotopic (exact) mass is 231 g/mol. The molecule has 3 heterocycles. The van der Waals surface area contributed by atoms with Crippen LogP contribution in [0.4, 0.5) is 5.82 Å². The van der Waals surface area contributed by atoms with Crippen LogP contribution in [0.25, 0.3) is 5.57 Å². The van der Waals surface area contributed by atoms with Gasteiger partial charge in [0.1, 0.15) is 0 Å². The molecule has 1 N–H and O–H groups in total. The number of hydrogen-bond donors (Lipinski definition) is 1. The van der Waals surface area contributed by atoms with Crippen molar-refractivity contribution < 1.29 is 0 Å². The Labute approximate surface area is 100 Å². The average molecular weight is 231 g/mol. The Kier molecular flexibility index (Phi) is 2.58. The van der Waals surface area contributed by atoms with E-state index in [-0.39, 0.29) is 0 Å². The van der Waals surface area contributed by atoms with Crippen molar-refractivity contribution in [3.05, 3.63) is 34.7 Å². The van der Waals surface area contributed by atoms with Crippen molar-refractivity contribution in [2.75, 3.05) is 31.7 Å². The van der Waals surface area contributed by atoms with Gasteiger partial charge in [0.15, 0.2) is 5.82 Å². The largest absolute Gasteiger partial charge is 0.785 e. The molecule has 0 aliphatic carbocycles. The molecule has 5 heteroatoms. The quantitative estimate of drug-likeness (QED) is 0.781. The maximum Gasteiger partial charge on any atom is 0.150 e. The molecular formula is C12H15N4O-. The van der Waals surface area contributed by atoms with Gasteiger partial charge in [-0.15, -0.1) is 0 Å². The molecule has 1 aromatic heterocycles. The van der Waals surface area contributed by atoms with E-state index in [0.29, 0.717) is 13.1 Å². The van der Waals surface area contributed by atoms with Gasteiger partial charge in [-0.05, 0) is 36.2 Å². The molecule has 0 unspecified atom stereocenters. The van der Waals surface area contributed by atoms with E-state index in [0.717, 1.165) is 29.4 Å². The average Bonchev–Trinajstić information content (AvgIpc) is 2.37. The van der Waals surface area contributed by atoms with Crippen molar-refractivity contribution >= 4 is 11.4 Å². The summed E-state index contributed by atoms with van der Waals surface area (Å²) in [6.07, 6.45) is 2.63. The van der Waals surface area contributed by atoms with Gasteiger partial charge in [-0.25, -0.2) is 10.4 Å². The van der Waals surface area contributed by atoms with Gasteiger partial charge in [0.05, 0.1) is 6.54 Å². The molecule has 3 rings (SSSR count). The summed E-state index contributed by atoms with van der Waals surface area (Å²) in [4.78, 5) is 4.42. The summed E-state index contributed by atoms with van der Waals surface area (Å²) in [5, 5.41) is 14.6. The first kappa shape index (κ1) is 10.7. The Morgan fingerprint density at radius 2 is 2.29 bits per heavy atom. The van der Waals surface area contributed by atoms with Crippen molar-refractivity contribution in [1.29, 1.82) is 0 Å². The zero-order valence-electron chi connectivity index (χ0n) is 9.81. The van der Waals surface area contributed by atoms with E-state index in [1.165, 1.54) is 11.1 Å². The molecule has 0 saturated carbocycles. The first-order valence-electron chi connectivity index (χ1n) is 5.83. The van der Waals surface area contributed by atoms with E-state index < -0.39 is 0 Å². The molecule has 0 bridgehead atoms. The van der Waals surface area contributed by atoms with Crippen LogP contribution in [0, 0.1) is 5.21 Å². The molecule has 5 nitrogen and oxygen atoms in total. The molecular weight excluding hydrogens is 216 g/mol. The minimum atomic E-state index is 0.516. The maximum atomic E-state index is 11.5. The van der Waals surface area contributed by atoms with E-state index in [2.05, 4.69) is 16.5 Å². The molecule has 0 aromatic carbocycles. The first-order valence-corrected chi connectivity index (χ1v) is 5.83. The summed E-state index contributed by atoms with van der Waals surface area (Å²) in [5.41, 5.74) is 6.81. The highest BCUT2D eigenvalue weighted by Crippen LogP contribution is 2.36. The van der Waals surface area contributed by atoms with Crippen molar-refractivity contribution in [3.63, 3.8) is 0 Å². The lowest BCUT2D eigenvalue weighted by molar-refractivity contribution is 0.398. The predicted octanol–water partition coefficient (Wildman–Crippen LogP) is 0.993.